The van der Waals surface area contributed by atoms with Crippen molar-refractivity contribution < 1.29 is 4.79 Å². The second-order valence-electron chi connectivity index (χ2n) is 6.78. The van der Waals surface area contributed by atoms with Crippen molar-refractivity contribution in [1.82, 2.24) is 9.55 Å². The van der Waals surface area contributed by atoms with Gasteiger partial charge >= 0.3 is 0 Å². The summed E-state index contributed by atoms with van der Waals surface area (Å²) in [5.41, 5.74) is 4.25. The first-order valence-corrected chi connectivity index (χ1v) is 9.45. The number of hydrogen-bond acceptors (Lipinski definition) is 3. The minimum Gasteiger partial charge on any atom is -0.350 e. The maximum atomic E-state index is 13.4. The number of nitrogens with zero attached hydrogens (tertiary/aromatic N) is 2. The van der Waals surface area contributed by atoms with Crippen LogP contribution in [0.2, 0.25) is 0 Å². The van der Waals surface area contributed by atoms with Crippen molar-refractivity contribution in [3.63, 3.8) is 0 Å². The number of aromatic nitrogens is 2. The van der Waals surface area contributed by atoms with Crippen LogP contribution in [-0.2, 0) is 10.5 Å². The van der Waals surface area contributed by atoms with E-state index < -0.39 is 5.66 Å². The second-order valence-corrected chi connectivity index (χ2v) is 7.70. The number of nitrogens with one attached hydrogen (secondary N) is 2. The fourth-order valence-electron chi connectivity index (χ4n) is 4.19. The topological polar surface area (TPSA) is 59.0 Å². The van der Waals surface area contributed by atoms with Crippen molar-refractivity contribution in [2.24, 2.45) is 0 Å². The van der Waals surface area contributed by atoms with E-state index in [2.05, 4.69) is 26.6 Å². The van der Waals surface area contributed by atoms with Crippen LogP contribution in [-0.4, -0.2) is 15.5 Å². The number of amides is 1. The number of halogens is 1. The Labute approximate surface area is 163 Å². The Morgan fingerprint density at radius 1 is 0.963 bits per heavy atom. The van der Waals surface area contributed by atoms with Crippen molar-refractivity contribution in [3.05, 3.63) is 76.8 Å². The average molecular weight is 417 g/mol. The molecule has 3 aromatic carbocycles. The Bertz CT molecular complexity index is 1280. The summed E-state index contributed by atoms with van der Waals surface area (Å²) >= 11 is 3.56. The van der Waals surface area contributed by atoms with E-state index in [1.54, 1.807) is 0 Å². The first-order chi connectivity index (χ1) is 13.2. The fraction of sp³-hybridized carbons (Fsp3) is 0.0476. The summed E-state index contributed by atoms with van der Waals surface area (Å²) in [5, 5.41) is 6.57. The van der Waals surface area contributed by atoms with Crippen LogP contribution in [0.5, 0.6) is 0 Å². The van der Waals surface area contributed by atoms with Gasteiger partial charge in [-0.1, -0.05) is 40.2 Å². The van der Waals surface area contributed by atoms with E-state index in [0.29, 0.717) is 0 Å². The van der Waals surface area contributed by atoms with Crippen LogP contribution in [0.1, 0.15) is 5.56 Å². The van der Waals surface area contributed by atoms with Crippen molar-refractivity contribution in [1.29, 1.82) is 0 Å². The number of rotatable bonds is 0. The Hall–Kier alpha value is -3.12. The molecule has 0 radical (unpaired) electrons. The number of para-hydroxylation sites is 3. The van der Waals surface area contributed by atoms with E-state index in [1.165, 1.54) is 0 Å². The molecule has 130 valence electrons. The second kappa shape index (κ2) is 4.98. The molecule has 4 aromatic rings. The molecule has 0 bridgehead atoms. The molecular formula is C21H13BrN4O. The molecule has 0 saturated carbocycles. The molecule has 0 unspecified atom stereocenters. The minimum atomic E-state index is -1.08. The largest absolute Gasteiger partial charge is 0.350 e. The van der Waals surface area contributed by atoms with Gasteiger partial charge in [0.15, 0.2) is 0 Å². The minimum absolute atomic E-state index is 0.116. The van der Waals surface area contributed by atoms with E-state index in [0.717, 1.165) is 43.8 Å². The van der Waals surface area contributed by atoms with Gasteiger partial charge in [-0.3, -0.25) is 9.36 Å². The van der Waals surface area contributed by atoms with E-state index in [4.69, 9.17) is 4.98 Å². The number of carbonyl (C=O) groups excluding carboxylic acids is 1. The third kappa shape index (κ3) is 1.78. The predicted molar refractivity (Wildman–Crippen MR) is 109 cm³/mol. The summed E-state index contributed by atoms with van der Waals surface area (Å²) in [7, 11) is 0. The van der Waals surface area contributed by atoms with Gasteiger partial charge in [-0.05, 0) is 42.5 Å². The van der Waals surface area contributed by atoms with Gasteiger partial charge in [0.25, 0.3) is 5.91 Å². The summed E-state index contributed by atoms with van der Waals surface area (Å²) in [6.07, 6.45) is 0. The molecule has 6 heteroatoms. The molecule has 1 spiro atoms. The molecule has 2 N–H and O–H groups in total. The molecule has 3 heterocycles. The van der Waals surface area contributed by atoms with Gasteiger partial charge in [-0.25, -0.2) is 4.98 Å². The predicted octanol–water partition coefficient (Wildman–Crippen LogP) is 4.54. The highest BCUT2D eigenvalue weighted by Crippen LogP contribution is 2.49. The van der Waals surface area contributed by atoms with Gasteiger partial charge in [0.05, 0.1) is 11.0 Å². The smallest absolute Gasteiger partial charge is 0.276 e. The molecule has 0 fully saturated rings. The highest BCUT2D eigenvalue weighted by Gasteiger charge is 2.53. The molecule has 0 aliphatic carbocycles. The zero-order valence-corrected chi connectivity index (χ0v) is 15.6. The van der Waals surface area contributed by atoms with Crippen LogP contribution in [0, 0.1) is 0 Å². The molecular weight excluding hydrogens is 404 g/mol. The quantitative estimate of drug-likeness (QED) is 0.442. The van der Waals surface area contributed by atoms with Crippen LogP contribution in [0.4, 0.5) is 11.4 Å². The number of anilines is 2. The normalized spacial score (nSPS) is 19.4. The number of carbonyl (C=O) groups is 1. The van der Waals surface area contributed by atoms with Crippen molar-refractivity contribution in [3.8, 4) is 11.4 Å². The number of imidazole rings is 1. The third-order valence-corrected chi connectivity index (χ3v) is 5.82. The number of hydrogen-bond donors (Lipinski definition) is 2. The van der Waals surface area contributed by atoms with Gasteiger partial charge < -0.3 is 10.6 Å². The Balaban J connectivity index is 1.80. The van der Waals surface area contributed by atoms with E-state index in [9.17, 15) is 4.79 Å². The lowest BCUT2D eigenvalue weighted by Gasteiger charge is -2.37. The standard InChI is InChI=1S/C21H13BrN4O/c22-12-9-10-16-14(11-12)21(20(27)24-16)25-15-6-2-1-5-13(15)19-23-17-7-3-4-8-18(17)26(19)21/h1-11,25H,(H,24,27)/t21-/m1/s1. The highest BCUT2D eigenvalue weighted by molar-refractivity contribution is 9.10. The average Bonchev–Trinajstić information content (AvgIpc) is 3.20. The molecule has 5 nitrogen and oxygen atoms in total. The van der Waals surface area contributed by atoms with E-state index in [-0.39, 0.29) is 5.91 Å². The van der Waals surface area contributed by atoms with Crippen LogP contribution >= 0.6 is 15.9 Å². The van der Waals surface area contributed by atoms with Crippen molar-refractivity contribution in [2.75, 3.05) is 10.6 Å². The Morgan fingerprint density at radius 2 is 1.78 bits per heavy atom. The fourth-order valence-corrected chi connectivity index (χ4v) is 4.55. The third-order valence-electron chi connectivity index (χ3n) is 5.33. The number of benzene rings is 3. The highest BCUT2D eigenvalue weighted by atomic mass is 79.9. The van der Waals surface area contributed by atoms with Crippen molar-refractivity contribution >= 4 is 44.2 Å². The van der Waals surface area contributed by atoms with Crippen LogP contribution < -0.4 is 10.6 Å². The molecule has 2 aliphatic rings. The van der Waals surface area contributed by atoms with Crippen LogP contribution in [0.15, 0.2) is 71.2 Å². The van der Waals surface area contributed by atoms with Gasteiger partial charge in [-0.2, -0.15) is 0 Å². The lowest BCUT2D eigenvalue weighted by molar-refractivity contribution is -0.120. The van der Waals surface area contributed by atoms with Crippen molar-refractivity contribution in [2.45, 2.75) is 5.66 Å². The zero-order chi connectivity index (χ0) is 18.2. The van der Waals surface area contributed by atoms with Crippen LogP contribution in [0.3, 0.4) is 0 Å². The molecule has 2 aliphatic heterocycles. The summed E-state index contributed by atoms with van der Waals surface area (Å²) in [4.78, 5) is 18.3. The lowest BCUT2D eigenvalue weighted by Crippen LogP contribution is -2.50. The molecule has 6 rings (SSSR count). The molecule has 1 atom stereocenters. The monoisotopic (exact) mass is 416 g/mol. The van der Waals surface area contributed by atoms with Gasteiger partial charge in [0, 0.05) is 27.0 Å². The molecule has 1 aromatic heterocycles. The van der Waals surface area contributed by atoms with E-state index >= 15 is 0 Å². The summed E-state index contributed by atoms with van der Waals surface area (Å²) in [6.45, 7) is 0. The molecule has 1 amide bonds. The van der Waals surface area contributed by atoms with Gasteiger partial charge in [0.1, 0.15) is 5.82 Å². The summed E-state index contributed by atoms with van der Waals surface area (Å²) in [6, 6.07) is 21.7. The first-order valence-electron chi connectivity index (χ1n) is 8.65. The Kier molecular flexibility index (Phi) is 2.77. The lowest BCUT2D eigenvalue weighted by atomic mass is 9.95. The van der Waals surface area contributed by atoms with Gasteiger partial charge in [0.2, 0.25) is 5.66 Å². The maximum absolute atomic E-state index is 13.4. The van der Waals surface area contributed by atoms with Crippen LogP contribution in [0.25, 0.3) is 22.4 Å². The first kappa shape index (κ1) is 15.0. The SMILES string of the molecule is O=C1Nc2ccc(Br)cc2[C@]12Nc1ccccc1-c1nc3ccccc3n12. The Morgan fingerprint density at radius 3 is 2.70 bits per heavy atom. The molecule has 0 saturated heterocycles. The molecule has 27 heavy (non-hydrogen) atoms. The zero-order valence-electron chi connectivity index (χ0n) is 14.0. The van der Waals surface area contributed by atoms with E-state index in [1.807, 2.05) is 71.3 Å². The maximum Gasteiger partial charge on any atom is 0.276 e. The van der Waals surface area contributed by atoms with Gasteiger partial charge in [-0.15, -0.1) is 0 Å². The number of fused-ring (bicyclic) bond motifs is 8. The summed E-state index contributed by atoms with van der Waals surface area (Å²) < 4.78 is 2.95. The summed E-state index contributed by atoms with van der Waals surface area (Å²) in [5.74, 6) is 0.669.